The third-order valence-corrected chi connectivity index (χ3v) is 3.73. The smallest absolute Gasteiger partial charge is 0.233 e. The van der Waals surface area contributed by atoms with E-state index in [0.29, 0.717) is 12.5 Å². The number of rotatable bonds is 11. The fourth-order valence-electron chi connectivity index (χ4n) is 2.26. The number of unbranched alkanes of at least 4 members (excludes halogenated alkanes) is 1. The highest BCUT2D eigenvalue weighted by Gasteiger charge is 2.04. The molecule has 0 aromatic carbocycles. The first-order chi connectivity index (χ1) is 10.2. The lowest BCUT2D eigenvalue weighted by atomic mass is 10.3. The molecule has 0 saturated heterocycles. The Hall–Kier alpha value is -1.36. The lowest BCUT2D eigenvalue weighted by molar-refractivity contribution is 0.260. The van der Waals surface area contributed by atoms with E-state index in [2.05, 4.69) is 47.7 Å². The van der Waals surface area contributed by atoms with Crippen molar-refractivity contribution in [3.8, 4) is 5.88 Å². The van der Waals surface area contributed by atoms with E-state index in [1.165, 1.54) is 0 Å². The van der Waals surface area contributed by atoms with Crippen molar-refractivity contribution in [2.45, 2.75) is 40.5 Å². The van der Waals surface area contributed by atoms with E-state index in [0.717, 1.165) is 51.4 Å². The molecule has 21 heavy (non-hydrogen) atoms. The van der Waals surface area contributed by atoms with Gasteiger partial charge < -0.3 is 14.5 Å². The minimum absolute atomic E-state index is 0.619. The van der Waals surface area contributed by atoms with E-state index in [4.69, 9.17) is 4.74 Å². The molecule has 0 aliphatic heterocycles. The molecule has 120 valence electrons. The van der Waals surface area contributed by atoms with Crippen LogP contribution in [0.25, 0.3) is 0 Å². The highest BCUT2D eigenvalue weighted by Crippen LogP contribution is 2.12. The molecule has 0 fully saturated rings. The van der Waals surface area contributed by atoms with Crippen molar-refractivity contribution in [1.82, 2.24) is 15.1 Å². The van der Waals surface area contributed by atoms with Crippen LogP contribution >= 0.6 is 0 Å². The Bertz CT molecular complexity index is 361. The maximum atomic E-state index is 5.65. The summed E-state index contributed by atoms with van der Waals surface area (Å²) in [6, 6.07) is 3.89. The van der Waals surface area contributed by atoms with Gasteiger partial charge in [0.2, 0.25) is 5.88 Å². The summed E-state index contributed by atoms with van der Waals surface area (Å²) in [5, 5.41) is 8.35. The Morgan fingerprint density at radius 3 is 2.14 bits per heavy atom. The molecule has 0 spiro atoms. The molecule has 1 aromatic rings. The molecular formula is C16H30N4O. The zero-order valence-electron chi connectivity index (χ0n) is 14.0. The van der Waals surface area contributed by atoms with Gasteiger partial charge in [-0.25, -0.2) is 0 Å². The molecular weight excluding hydrogens is 264 g/mol. The topological polar surface area (TPSA) is 41.5 Å². The van der Waals surface area contributed by atoms with E-state index < -0.39 is 0 Å². The van der Waals surface area contributed by atoms with Gasteiger partial charge in [0.05, 0.1) is 6.61 Å². The third kappa shape index (κ3) is 6.29. The molecule has 1 heterocycles. The van der Waals surface area contributed by atoms with Gasteiger partial charge in [-0.15, -0.1) is 10.2 Å². The van der Waals surface area contributed by atoms with Crippen molar-refractivity contribution in [3.63, 3.8) is 0 Å². The summed E-state index contributed by atoms with van der Waals surface area (Å²) in [5.74, 6) is 1.53. The number of ether oxygens (including phenoxy) is 1. The molecule has 0 aliphatic carbocycles. The van der Waals surface area contributed by atoms with Gasteiger partial charge in [-0.1, -0.05) is 13.8 Å². The van der Waals surface area contributed by atoms with Crippen LogP contribution in [0.4, 0.5) is 5.82 Å². The average Bonchev–Trinajstić information content (AvgIpc) is 2.53. The van der Waals surface area contributed by atoms with Gasteiger partial charge >= 0.3 is 0 Å². The van der Waals surface area contributed by atoms with Crippen molar-refractivity contribution >= 4 is 5.82 Å². The molecule has 5 nitrogen and oxygen atoms in total. The maximum absolute atomic E-state index is 5.65. The van der Waals surface area contributed by atoms with Gasteiger partial charge in [0.1, 0.15) is 0 Å². The lowest BCUT2D eigenvalue weighted by Gasteiger charge is -2.19. The number of nitrogens with zero attached hydrogens (tertiary/aromatic N) is 4. The molecule has 0 saturated carbocycles. The summed E-state index contributed by atoms with van der Waals surface area (Å²) in [4.78, 5) is 4.60. The van der Waals surface area contributed by atoms with Gasteiger partial charge in [0.25, 0.3) is 0 Å². The summed E-state index contributed by atoms with van der Waals surface area (Å²) < 4.78 is 5.65. The predicted octanol–water partition coefficient (Wildman–Crippen LogP) is 2.82. The zero-order chi connectivity index (χ0) is 15.5. The Kier molecular flexibility index (Phi) is 8.74. The van der Waals surface area contributed by atoms with Gasteiger partial charge in [0, 0.05) is 19.2 Å². The summed E-state index contributed by atoms with van der Waals surface area (Å²) in [6.45, 7) is 14.6. The Balaban J connectivity index is 2.27. The molecule has 0 atom stereocenters. The van der Waals surface area contributed by atoms with Crippen molar-refractivity contribution < 1.29 is 4.74 Å². The standard InChI is InChI=1S/C16H30N4O/c1-5-19(6-2)13-9-10-14-21-16-12-11-15(17-18-16)20(7-3)8-4/h11-12H,5-10,13-14H2,1-4H3. The SMILES string of the molecule is CCN(CC)CCCCOc1ccc(N(CC)CC)nn1. The van der Waals surface area contributed by atoms with E-state index in [9.17, 15) is 0 Å². The highest BCUT2D eigenvalue weighted by molar-refractivity contribution is 5.37. The summed E-state index contributed by atoms with van der Waals surface area (Å²) in [5.41, 5.74) is 0. The third-order valence-electron chi connectivity index (χ3n) is 3.73. The zero-order valence-corrected chi connectivity index (χ0v) is 14.0. The van der Waals surface area contributed by atoms with Crippen molar-refractivity contribution in [2.24, 2.45) is 0 Å². The lowest BCUT2D eigenvalue weighted by Crippen LogP contribution is -2.24. The molecule has 0 amide bonds. The van der Waals surface area contributed by atoms with Crippen molar-refractivity contribution in [1.29, 1.82) is 0 Å². The largest absolute Gasteiger partial charge is 0.477 e. The second kappa shape index (κ2) is 10.4. The summed E-state index contributed by atoms with van der Waals surface area (Å²) in [7, 11) is 0. The van der Waals surface area contributed by atoms with Crippen molar-refractivity contribution in [3.05, 3.63) is 12.1 Å². The van der Waals surface area contributed by atoms with Crippen LogP contribution in [0.2, 0.25) is 0 Å². The Morgan fingerprint density at radius 1 is 0.905 bits per heavy atom. The van der Waals surface area contributed by atoms with E-state index in [1.807, 2.05) is 12.1 Å². The van der Waals surface area contributed by atoms with Crippen LogP contribution in [0.3, 0.4) is 0 Å². The molecule has 0 bridgehead atoms. The van der Waals surface area contributed by atoms with Crippen LogP contribution in [0, 0.1) is 0 Å². The maximum Gasteiger partial charge on any atom is 0.233 e. The number of hydrogen-bond donors (Lipinski definition) is 0. The number of anilines is 1. The van der Waals surface area contributed by atoms with E-state index >= 15 is 0 Å². The number of aromatic nitrogens is 2. The van der Waals surface area contributed by atoms with Crippen molar-refractivity contribution in [2.75, 3.05) is 44.2 Å². The predicted molar refractivity (Wildman–Crippen MR) is 88.1 cm³/mol. The minimum Gasteiger partial charge on any atom is -0.477 e. The quantitative estimate of drug-likeness (QED) is 0.587. The molecule has 5 heteroatoms. The molecule has 0 N–H and O–H groups in total. The Labute approximate surface area is 129 Å². The molecule has 0 radical (unpaired) electrons. The monoisotopic (exact) mass is 294 g/mol. The summed E-state index contributed by atoms with van der Waals surface area (Å²) in [6.07, 6.45) is 2.21. The van der Waals surface area contributed by atoms with Crippen LogP contribution in [0.1, 0.15) is 40.5 Å². The second-order valence-electron chi connectivity index (χ2n) is 4.98. The molecule has 0 unspecified atom stereocenters. The first kappa shape index (κ1) is 17.7. The normalized spacial score (nSPS) is 10.9. The van der Waals surface area contributed by atoms with Gasteiger partial charge in [0.15, 0.2) is 5.82 Å². The fraction of sp³-hybridized carbons (Fsp3) is 0.750. The minimum atomic E-state index is 0.619. The van der Waals surface area contributed by atoms with E-state index in [1.54, 1.807) is 0 Å². The van der Waals surface area contributed by atoms with Crippen LogP contribution < -0.4 is 9.64 Å². The van der Waals surface area contributed by atoms with E-state index in [-0.39, 0.29) is 0 Å². The number of hydrogen-bond acceptors (Lipinski definition) is 5. The highest BCUT2D eigenvalue weighted by atomic mass is 16.5. The van der Waals surface area contributed by atoms with Crippen LogP contribution in [0.5, 0.6) is 5.88 Å². The van der Waals surface area contributed by atoms with Gasteiger partial charge in [-0.2, -0.15) is 0 Å². The summed E-state index contributed by atoms with van der Waals surface area (Å²) >= 11 is 0. The molecule has 1 rings (SSSR count). The van der Waals surface area contributed by atoms with Crippen LogP contribution in [-0.2, 0) is 0 Å². The fourth-order valence-corrected chi connectivity index (χ4v) is 2.26. The van der Waals surface area contributed by atoms with Gasteiger partial charge in [-0.05, 0) is 52.4 Å². The molecule has 0 aliphatic rings. The Morgan fingerprint density at radius 2 is 1.62 bits per heavy atom. The second-order valence-corrected chi connectivity index (χ2v) is 4.98. The van der Waals surface area contributed by atoms with Crippen LogP contribution in [0.15, 0.2) is 12.1 Å². The average molecular weight is 294 g/mol. The van der Waals surface area contributed by atoms with Gasteiger partial charge in [-0.3, -0.25) is 0 Å². The molecule has 1 aromatic heterocycles. The first-order valence-electron chi connectivity index (χ1n) is 8.18. The van der Waals surface area contributed by atoms with Crippen LogP contribution in [-0.4, -0.2) is 54.4 Å². The first-order valence-corrected chi connectivity index (χ1v) is 8.18.